The Morgan fingerprint density at radius 3 is 2.13 bits per heavy atom. The summed E-state index contributed by atoms with van der Waals surface area (Å²) < 4.78 is 0. The zero-order valence-corrected chi connectivity index (χ0v) is 17.6. The molecule has 1 saturated carbocycles. The molecule has 3 amide bonds. The van der Waals surface area contributed by atoms with E-state index in [1.165, 1.54) is 10.5 Å². The third kappa shape index (κ3) is 4.16. The van der Waals surface area contributed by atoms with Gasteiger partial charge in [-0.25, -0.2) is 0 Å². The second-order valence-corrected chi connectivity index (χ2v) is 8.56. The van der Waals surface area contributed by atoms with E-state index in [1.807, 2.05) is 4.90 Å². The lowest BCUT2D eigenvalue weighted by atomic mass is 10.0. The van der Waals surface area contributed by atoms with Crippen LogP contribution >= 0.6 is 0 Å². The number of amides is 3. The van der Waals surface area contributed by atoms with Crippen LogP contribution in [0.2, 0.25) is 0 Å². The van der Waals surface area contributed by atoms with Gasteiger partial charge in [-0.2, -0.15) is 0 Å². The molecule has 0 N–H and O–H groups in total. The summed E-state index contributed by atoms with van der Waals surface area (Å²) in [5.74, 6) is 0.0732. The van der Waals surface area contributed by atoms with E-state index in [0.717, 1.165) is 18.4 Å². The van der Waals surface area contributed by atoms with Gasteiger partial charge in [0.25, 0.3) is 11.8 Å². The summed E-state index contributed by atoms with van der Waals surface area (Å²) in [6.45, 7) is 5.24. The molecule has 0 spiro atoms. The van der Waals surface area contributed by atoms with Gasteiger partial charge in [0.05, 0.1) is 11.1 Å². The van der Waals surface area contributed by atoms with E-state index in [9.17, 15) is 14.4 Å². The van der Waals surface area contributed by atoms with Crippen molar-refractivity contribution in [2.75, 3.05) is 6.54 Å². The smallest absolute Gasteiger partial charge is 0.261 e. The van der Waals surface area contributed by atoms with Crippen molar-refractivity contribution in [2.24, 2.45) is 0 Å². The van der Waals surface area contributed by atoms with Crippen LogP contribution in [0.15, 0.2) is 48.5 Å². The third-order valence-electron chi connectivity index (χ3n) is 5.96. The summed E-state index contributed by atoms with van der Waals surface area (Å²) in [7, 11) is 0. The van der Waals surface area contributed by atoms with E-state index >= 15 is 0 Å². The number of carbonyl (C=O) groups is 3. The zero-order valence-electron chi connectivity index (χ0n) is 17.6. The van der Waals surface area contributed by atoms with Gasteiger partial charge in [-0.3, -0.25) is 19.3 Å². The summed E-state index contributed by atoms with van der Waals surface area (Å²) >= 11 is 0. The van der Waals surface area contributed by atoms with Crippen molar-refractivity contribution in [1.29, 1.82) is 0 Å². The largest absolute Gasteiger partial charge is 0.335 e. The molecule has 2 aromatic carbocycles. The van der Waals surface area contributed by atoms with Crippen molar-refractivity contribution in [3.63, 3.8) is 0 Å². The molecule has 0 radical (unpaired) electrons. The molecule has 30 heavy (non-hydrogen) atoms. The highest BCUT2D eigenvalue weighted by Gasteiger charge is 2.35. The summed E-state index contributed by atoms with van der Waals surface area (Å²) in [5.41, 5.74) is 3.35. The Morgan fingerprint density at radius 1 is 1.00 bits per heavy atom. The number of hydrogen-bond acceptors (Lipinski definition) is 3. The Kier molecular flexibility index (Phi) is 5.71. The lowest BCUT2D eigenvalue weighted by molar-refractivity contribution is -0.132. The van der Waals surface area contributed by atoms with E-state index in [2.05, 4.69) is 38.1 Å². The second-order valence-electron chi connectivity index (χ2n) is 8.56. The zero-order chi connectivity index (χ0) is 21.3. The number of fused-ring (bicyclic) bond motifs is 1. The van der Waals surface area contributed by atoms with Gasteiger partial charge >= 0.3 is 0 Å². The fourth-order valence-electron chi connectivity index (χ4n) is 3.99. The molecule has 0 bridgehead atoms. The van der Waals surface area contributed by atoms with E-state index in [1.54, 1.807) is 24.3 Å². The molecule has 156 valence electrons. The number of imide groups is 1. The summed E-state index contributed by atoms with van der Waals surface area (Å²) in [6.07, 6.45) is 2.93. The first-order valence-electron chi connectivity index (χ1n) is 10.8. The monoisotopic (exact) mass is 404 g/mol. The van der Waals surface area contributed by atoms with Gasteiger partial charge in [-0.15, -0.1) is 0 Å². The molecule has 1 fully saturated rings. The Morgan fingerprint density at radius 2 is 1.60 bits per heavy atom. The van der Waals surface area contributed by atoms with E-state index in [0.29, 0.717) is 42.5 Å². The molecule has 1 aliphatic carbocycles. The standard InChI is InChI=1S/C25H28N2O3/c1-17(2)19-11-9-18(10-12-19)16-27(20-13-14-20)23(28)8-5-15-26-24(29)21-6-3-4-7-22(21)25(26)30/h3-4,6-7,9-12,17,20H,5,8,13-16H2,1-2H3. The minimum Gasteiger partial charge on any atom is -0.335 e. The molecule has 5 heteroatoms. The number of carbonyl (C=O) groups excluding carboxylic acids is 3. The molecule has 4 rings (SSSR count). The Balaban J connectivity index is 1.33. The van der Waals surface area contributed by atoms with Crippen molar-refractivity contribution in [3.05, 3.63) is 70.8 Å². The maximum absolute atomic E-state index is 12.9. The lowest BCUT2D eigenvalue weighted by Gasteiger charge is -2.23. The first-order chi connectivity index (χ1) is 14.5. The summed E-state index contributed by atoms with van der Waals surface area (Å²) in [4.78, 5) is 41.1. The molecule has 5 nitrogen and oxygen atoms in total. The normalized spacial score (nSPS) is 15.6. The van der Waals surface area contributed by atoms with Gasteiger partial charge in [0.1, 0.15) is 0 Å². The van der Waals surface area contributed by atoms with Crippen molar-refractivity contribution in [2.45, 2.75) is 58.0 Å². The van der Waals surface area contributed by atoms with Crippen LogP contribution in [0.1, 0.15) is 77.3 Å². The number of benzene rings is 2. The van der Waals surface area contributed by atoms with Crippen molar-refractivity contribution in [1.82, 2.24) is 9.80 Å². The lowest BCUT2D eigenvalue weighted by Crippen LogP contribution is -2.34. The van der Waals surface area contributed by atoms with E-state index in [-0.39, 0.29) is 24.3 Å². The Labute approximate surface area is 177 Å². The van der Waals surface area contributed by atoms with E-state index < -0.39 is 0 Å². The molecule has 0 unspecified atom stereocenters. The highest BCUT2D eigenvalue weighted by molar-refractivity contribution is 6.21. The van der Waals surface area contributed by atoms with Crippen LogP contribution < -0.4 is 0 Å². The molecular formula is C25H28N2O3. The Hall–Kier alpha value is -2.95. The van der Waals surface area contributed by atoms with Crippen LogP contribution in [0.3, 0.4) is 0 Å². The van der Waals surface area contributed by atoms with Gasteiger partial charge in [0.15, 0.2) is 0 Å². The number of hydrogen-bond donors (Lipinski definition) is 0. The Bertz CT molecular complexity index is 926. The highest BCUT2D eigenvalue weighted by atomic mass is 16.2. The van der Waals surface area contributed by atoms with Crippen LogP contribution in [-0.4, -0.2) is 40.1 Å². The highest BCUT2D eigenvalue weighted by Crippen LogP contribution is 2.30. The fourth-order valence-corrected chi connectivity index (χ4v) is 3.99. The molecule has 1 heterocycles. The second kappa shape index (κ2) is 8.42. The minimum absolute atomic E-state index is 0.0991. The predicted molar refractivity (Wildman–Crippen MR) is 115 cm³/mol. The van der Waals surface area contributed by atoms with Gasteiger partial charge < -0.3 is 4.90 Å². The average Bonchev–Trinajstić information content (AvgIpc) is 3.56. The maximum atomic E-state index is 12.9. The average molecular weight is 405 g/mol. The van der Waals surface area contributed by atoms with Crippen molar-refractivity contribution >= 4 is 17.7 Å². The first kappa shape index (κ1) is 20.3. The number of rotatable bonds is 8. The first-order valence-corrected chi connectivity index (χ1v) is 10.8. The molecule has 2 aromatic rings. The number of nitrogens with zero attached hydrogens (tertiary/aromatic N) is 2. The molecule has 0 atom stereocenters. The topological polar surface area (TPSA) is 57.7 Å². The van der Waals surface area contributed by atoms with Crippen molar-refractivity contribution < 1.29 is 14.4 Å². The van der Waals surface area contributed by atoms with Crippen molar-refractivity contribution in [3.8, 4) is 0 Å². The van der Waals surface area contributed by atoms with Crippen LogP contribution in [-0.2, 0) is 11.3 Å². The van der Waals surface area contributed by atoms with Crippen LogP contribution in [0, 0.1) is 0 Å². The van der Waals surface area contributed by atoms with Gasteiger partial charge in [0.2, 0.25) is 5.91 Å². The van der Waals surface area contributed by atoms with Gasteiger partial charge in [0, 0.05) is 25.6 Å². The van der Waals surface area contributed by atoms with E-state index in [4.69, 9.17) is 0 Å². The van der Waals surface area contributed by atoms with Gasteiger partial charge in [-0.05, 0) is 48.4 Å². The molecular weight excluding hydrogens is 376 g/mol. The van der Waals surface area contributed by atoms with Crippen LogP contribution in [0.4, 0.5) is 0 Å². The minimum atomic E-state index is -0.257. The summed E-state index contributed by atoms with van der Waals surface area (Å²) in [6, 6.07) is 15.7. The van der Waals surface area contributed by atoms with Crippen LogP contribution in [0.5, 0.6) is 0 Å². The quantitative estimate of drug-likeness (QED) is 0.614. The van der Waals surface area contributed by atoms with Crippen LogP contribution in [0.25, 0.3) is 0 Å². The predicted octanol–water partition coefficient (Wildman–Crippen LogP) is 4.38. The molecule has 0 aromatic heterocycles. The SMILES string of the molecule is CC(C)c1ccc(CN(C(=O)CCCN2C(=O)c3ccccc3C2=O)C2CC2)cc1. The van der Waals surface area contributed by atoms with Gasteiger partial charge in [-0.1, -0.05) is 50.2 Å². The summed E-state index contributed by atoms with van der Waals surface area (Å²) in [5, 5.41) is 0. The molecule has 0 saturated heterocycles. The maximum Gasteiger partial charge on any atom is 0.261 e. The molecule has 1 aliphatic heterocycles. The third-order valence-corrected chi connectivity index (χ3v) is 5.96. The molecule has 2 aliphatic rings. The fraction of sp³-hybridized carbons (Fsp3) is 0.400.